The monoisotopic (exact) mass is 413 g/mol. The van der Waals surface area contributed by atoms with Crippen molar-refractivity contribution in [2.45, 2.75) is 103 Å². The summed E-state index contributed by atoms with van der Waals surface area (Å²) < 4.78 is 11.7. The smallest absolute Gasteiger partial charge is 0.330 e. The molecule has 6 nitrogen and oxygen atoms in total. The summed E-state index contributed by atoms with van der Waals surface area (Å²) in [6, 6.07) is -0.484. The van der Waals surface area contributed by atoms with Gasteiger partial charge in [0.2, 0.25) is 0 Å². The summed E-state index contributed by atoms with van der Waals surface area (Å²) in [6.07, 6.45) is 8.73. The Balaban J connectivity index is 2.02. The lowest BCUT2D eigenvalue weighted by Gasteiger charge is -2.43. The van der Waals surface area contributed by atoms with Crippen molar-refractivity contribution >= 4 is 23.0 Å². The van der Waals surface area contributed by atoms with Gasteiger partial charge in [0.1, 0.15) is 6.10 Å². The zero-order chi connectivity index (χ0) is 20.6. The Kier molecular flexibility index (Phi) is 9.31. The maximum Gasteiger partial charge on any atom is 0.330 e. The van der Waals surface area contributed by atoms with Gasteiger partial charge in [0.05, 0.1) is 12.1 Å². The SMILES string of the molecule is CCCCCC1C[C@@H](OC(=O)C=C(C)CCCC)C[C@](O)([C@@H]2CSC(=O)N2)O1. The summed E-state index contributed by atoms with van der Waals surface area (Å²) in [4.78, 5) is 23.9. The third-order valence-corrected chi connectivity index (χ3v) is 6.22. The van der Waals surface area contributed by atoms with Crippen molar-refractivity contribution in [2.24, 2.45) is 0 Å². The van der Waals surface area contributed by atoms with Gasteiger partial charge in [0, 0.05) is 24.7 Å². The number of esters is 1. The van der Waals surface area contributed by atoms with E-state index in [4.69, 9.17) is 9.47 Å². The quantitative estimate of drug-likeness (QED) is 0.315. The highest BCUT2D eigenvalue weighted by Gasteiger charge is 2.49. The number of aliphatic hydroxyl groups is 1. The van der Waals surface area contributed by atoms with Crippen LogP contribution in [0, 0.1) is 0 Å². The second-order valence-electron chi connectivity index (χ2n) is 7.97. The number of nitrogens with one attached hydrogen (secondary N) is 1. The number of rotatable bonds is 10. The second-order valence-corrected chi connectivity index (χ2v) is 8.96. The molecule has 2 N–H and O–H groups in total. The molecular weight excluding hydrogens is 378 g/mol. The summed E-state index contributed by atoms with van der Waals surface area (Å²) in [5.41, 5.74) is 1.01. The van der Waals surface area contributed by atoms with Gasteiger partial charge in [-0.2, -0.15) is 0 Å². The van der Waals surface area contributed by atoms with Gasteiger partial charge >= 0.3 is 5.97 Å². The number of carbonyl (C=O) groups is 2. The minimum absolute atomic E-state index is 0.154. The van der Waals surface area contributed by atoms with E-state index in [9.17, 15) is 14.7 Å². The highest BCUT2D eigenvalue weighted by molar-refractivity contribution is 8.14. The van der Waals surface area contributed by atoms with Crippen LogP contribution in [-0.2, 0) is 14.3 Å². The van der Waals surface area contributed by atoms with Crippen LogP contribution < -0.4 is 5.32 Å². The first-order valence-corrected chi connectivity index (χ1v) is 11.6. The lowest BCUT2D eigenvalue weighted by atomic mass is 9.91. The highest BCUT2D eigenvalue weighted by atomic mass is 32.2. The van der Waals surface area contributed by atoms with E-state index in [1.165, 1.54) is 0 Å². The van der Waals surface area contributed by atoms with Crippen LogP contribution in [0.5, 0.6) is 0 Å². The Morgan fingerprint density at radius 3 is 2.75 bits per heavy atom. The minimum atomic E-state index is -1.50. The van der Waals surface area contributed by atoms with Crippen molar-refractivity contribution < 1.29 is 24.2 Å². The van der Waals surface area contributed by atoms with Gasteiger partial charge in [-0.15, -0.1) is 0 Å². The topological polar surface area (TPSA) is 84.9 Å². The van der Waals surface area contributed by atoms with Gasteiger partial charge in [-0.3, -0.25) is 4.79 Å². The molecule has 160 valence electrons. The first-order chi connectivity index (χ1) is 13.4. The van der Waals surface area contributed by atoms with Crippen LogP contribution in [0.2, 0.25) is 0 Å². The van der Waals surface area contributed by atoms with Crippen molar-refractivity contribution in [3.05, 3.63) is 11.6 Å². The Morgan fingerprint density at radius 2 is 2.11 bits per heavy atom. The van der Waals surface area contributed by atoms with Gasteiger partial charge in [0.15, 0.2) is 5.79 Å². The van der Waals surface area contributed by atoms with E-state index in [0.717, 1.165) is 62.3 Å². The third-order valence-electron chi connectivity index (χ3n) is 5.34. The van der Waals surface area contributed by atoms with Crippen LogP contribution in [0.1, 0.15) is 78.6 Å². The Bertz CT molecular complexity index is 567. The van der Waals surface area contributed by atoms with Crippen LogP contribution in [0.3, 0.4) is 0 Å². The fourth-order valence-corrected chi connectivity index (χ4v) is 4.64. The molecule has 28 heavy (non-hydrogen) atoms. The second kappa shape index (κ2) is 11.2. The van der Waals surface area contributed by atoms with Crippen LogP contribution in [-0.4, -0.2) is 46.1 Å². The van der Waals surface area contributed by atoms with Crippen LogP contribution in [0.4, 0.5) is 4.79 Å². The van der Waals surface area contributed by atoms with E-state index in [-0.39, 0.29) is 23.7 Å². The summed E-state index contributed by atoms with van der Waals surface area (Å²) in [7, 11) is 0. The number of allylic oxidation sites excluding steroid dienone is 1. The Hall–Kier alpha value is -1.05. The number of ether oxygens (including phenoxy) is 2. The fraction of sp³-hybridized carbons (Fsp3) is 0.810. The van der Waals surface area contributed by atoms with Crippen molar-refractivity contribution in [3.8, 4) is 0 Å². The van der Waals surface area contributed by atoms with Crippen molar-refractivity contribution in [3.63, 3.8) is 0 Å². The molecule has 0 saturated carbocycles. The summed E-state index contributed by atoms with van der Waals surface area (Å²) in [5, 5.41) is 13.8. The van der Waals surface area contributed by atoms with Crippen LogP contribution in [0.15, 0.2) is 11.6 Å². The normalized spacial score (nSPS) is 30.9. The number of amides is 1. The predicted octanol–water partition coefficient (Wildman–Crippen LogP) is 4.31. The Morgan fingerprint density at radius 1 is 1.36 bits per heavy atom. The maximum atomic E-state index is 12.3. The molecule has 2 aliphatic rings. The molecule has 2 fully saturated rings. The number of unbranched alkanes of at least 4 members (excludes halogenated alkanes) is 3. The predicted molar refractivity (Wildman–Crippen MR) is 111 cm³/mol. The van der Waals surface area contributed by atoms with Crippen molar-refractivity contribution in [1.29, 1.82) is 0 Å². The molecule has 0 aromatic carbocycles. The van der Waals surface area contributed by atoms with E-state index < -0.39 is 17.9 Å². The van der Waals surface area contributed by atoms with E-state index in [2.05, 4.69) is 19.2 Å². The minimum Gasteiger partial charge on any atom is -0.459 e. The molecule has 4 atom stereocenters. The highest BCUT2D eigenvalue weighted by Crippen LogP contribution is 2.36. The molecule has 2 aliphatic heterocycles. The standard InChI is InChI=1S/C21H35NO5S/c1-4-6-8-10-16-12-17(26-19(23)11-15(3)9-7-5-2)13-21(25,27-16)18-14-28-20(24)22-18/h11,16-18,25H,4-10,12-14H2,1-3H3,(H,22,24)/t16?,17-,18+,21-/m1/s1. The molecule has 0 spiro atoms. The number of carbonyl (C=O) groups excluding carboxylic acids is 2. The van der Waals surface area contributed by atoms with E-state index >= 15 is 0 Å². The van der Waals surface area contributed by atoms with Gasteiger partial charge in [-0.05, 0) is 26.2 Å². The molecule has 0 aliphatic carbocycles. The van der Waals surface area contributed by atoms with Crippen molar-refractivity contribution in [2.75, 3.05) is 5.75 Å². The summed E-state index contributed by atoms with van der Waals surface area (Å²) in [6.45, 7) is 6.20. The molecule has 0 aromatic heterocycles. The molecule has 0 radical (unpaired) electrons. The zero-order valence-corrected chi connectivity index (χ0v) is 18.2. The molecule has 0 aromatic rings. The fourth-order valence-electron chi connectivity index (χ4n) is 3.76. The van der Waals surface area contributed by atoms with Crippen LogP contribution >= 0.6 is 11.8 Å². The first kappa shape index (κ1) is 23.2. The van der Waals surface area contributed by atoms with Crippen LogP contribution in [0.25, 0.3) is 0 Å². The molecule has 0 bridgehead atoms. The molecule has 1 unspecified atom stereocenters. The lowest BCUT2D eigenvalue weighted by molar-refractivity contribution is -0.283. The number of hydrogen-bond acceptors (Lipinski definition) is 6. The summed E-state index contributed by atoms with van der Waals surface area (Å²) >= 11 is 1.14. The molecular formula is C21H35NO5S. The van der Waals surface area contributed by atoms with Gasteiger partial charge < -0.3 is 19.9 Å². The van der Waals surface area contributed by atoms with Gasteiger partial charge in [-0.1, -0.05) is 56.9 Å². The molecule has 2 heterocycles. The van der Waals surface area contributed by atoms with E-state index in [0.29, 0.717) is 12.2 Å². The molecule has 7 heteroatoms. The molecule has 2 rings (SSSR count). The van der Waals surface area contributed by atoms with E-state index in [1.807, 2.05) is 6.92 Å². The average molecular weight is 414 g/mol. The Labute approximate surface area is 172 Å². The van der Waals surface area contributed by atoms with Crippen molar-refractivity contribution in [1.82, 2.24) is 5.32 Å². The number of hydrogen-bond donors (Lipinski definition) is 2. The lowest BCUT2D eigenvalue weighted by Crippen LogP contribution is -2.58. The van der Waals surface area contributed by atoms with Gasteiger partial charge in [0.25, 0.3) is 5.24 Å². The largest absolute Gasteiger partial charge is 0.459 e. The number of thioether (sulfide) groups is 1. The average Bonchev–Trinajstić information content (AvgIpc) is 3.07. The molecule has 1 amide bonds. The third kappa shape index (κ3) is 7.08. The molecule has 2 saturated heterocycles. The maximum absolute atomic E-state index is 12.3. The van der Waals surface area contributed by atoms with E-state index in [1.54, 1.807) is 6.08 Å². The summed E-state index contributed by atoms with van der Waals surface area (Å²) in [5.74, 6) is -1.41. The zero-order valence-electron chi connectivity index (χ0n) is 17.4. The van der Waals surface area contributed by atoms with Gasteiger partial charge in [-0.25, -0.2) is 4.79 Å². The first-order valence-electron chi connectivity index (χ1n) is 10.6.